The molecule has 0 aromatic carbocycles. The van der Waals surface area contributed by atoms with Gasteiger partial charge in [0.25, 0.3) is 0 Å². The van der Waals surface area contributed by atoms with Crippen LogP contribution in [-0.2, 0) is 20.9 Å². The maximum Gasteiger partial charge on any atom is 0.242 e. The molecular weight excluding hydrogens is 348 g/mol. The van der Waals surface area contributed by atoms with Gasteiger partial charge in [0.15, 0.2) is 0 Å². The van der Waals surface area contributed by atoms with E-state index >= 15 is 0 Å². The Morgan fingerprint density at radius 2 is 1.89 bits per heavy atom. The smallest absolute Gasteiger partial charge is 0.242 e. The van der Waals surface area contributed by atoms with Gasteiger partial charge in [-0.25, -0.2) is 9.67 Å². The Hall–Kier alpha value is -2.45. The normalized spacial score (nSPS) is 21.1. The molecule has 2 saturated heterocycles. The van der Waals surface area contributed by atoms with Crippen molar-refractivity contribution in [2.24, 2.45) is 11.8 Å². The van der Waals surface area contributed by atoms with Gasteiger partial charge in [0, 0.05) is 32.1 Å². The molecule has 148 valence electrons. The molecule has 0 spiro atoms. The van der Waals surface area contributed by atoms with E-state index in [0.717, 1.165) is 19.5 Å². The van der Waals surface area contributed by atoms with E-state index in [1.54, 1.807) is 4.90 Å². The van der Waals surface area contributed by atoms with Gasteiger partial charge in [-0.1, -0.05) is 6.92 Å². The van der Waals surface area contributed by atoms with E-state index in [2.05, 4.69) is 22.3 Å². The van der Waals surface area contributed by atoms with Crippen LogP contribution in [0, 0.1) is 11.8 Å². The molecule has 2 aliphatic rings. The second kappa shape index (κ2) is 8.96. The van der Waals surface area contributed by atoms with Crippen LogP contribution in [0.1, 0.15) is 32.6 Å². The Bertz CT molecular complexity index is 654. The minimum absolute atomic E-state index is 0.0151. The van der Waals surface area contributed by atoms with Gasteiger partial charge in [0.1, 0.15) is 19.2 Å². The molecule has 1 aromatic rings. The zero-order chi connectivity index (χ0) is 19.2. The molecule has 9 heteroatoms. The first-order chi connectivity index (χ1) is 13.0. The lowest BCUT2D eigenvalue weighted by atomic mass is 9.92. The van der Waals surface area contributed by atoms with Gasteiger partial charge in [0.2, 0.25) is 17.7 Å². The molecule has 3 amide bonds. The maximum absolute atomic E-state index is 12.7. The number of carbonyl (C=O) groups excluding carboxylic acids is 3. The lowest BCUT2D eigenvalue weighted by Crippen LogP contribution is -2.48. The third-order valence-corrected chi connectivity index (χ3v) is 5.37. The molecule has 1 atom stereocenters. The van der Waals surface area contributed by atoms with Crippen LogP contribution in [0.5, 0.6) is 0 Å². The first-order valence-corrected chi connectivity index (χ1v) is 9.68. The number of hydrogen-bond acceptors (Lipinski definition) is 5. The Morgan fingerprint density at radius 1 is 1.11 bits per heavy atom. The Labute approximate surface area is 159 Å². The van der Waals surface area contributed by atoms with Crippen molar-refractivity contribution in [2.45, 2.75) is 39.2 Å². The topological polar surface area (TPSA) is 100 Å². The number of nitrogens with zero attached hydrogens (tertiary/aromatic N) is 5. The summed E-state index contributed by atoms with van der Waals surface area (Å²) in [5.41, 5.74) is 0. The second-order valence-electron chi connectivity index (χ2n) is 7.56. The summed E-state index contributed by atoms with van der Waals surface area (Å²) in [7, 11) is 0. The summed E-state index contributed by atoms with van der Waals surface area (Å²) in [4.78, 5) is 44.3. The highest BCUT2D eigenvalue weighted by Gasteiger charge is 2.31. The van der Waals surface area contributed by atoms with E-state index in [0.29, 0.717) is 31.8 Å². The van der Waals surface area contributed by atoms with Crippen molar-refractivity contribution in [2.75, 3.05) is 32.7 Å². The van der Waals surface area contributed by atoms with Crippen LogP contribution in [0.4, 0.5) is 0 Å². The number of amides is 3. The molecule has 27 heavy (non-hydrogen) atoms. The zero-order valence-corrected chi connectivity index (χ0v) is 15.8. The molecule has 0 radical (unpaired) electrons. The van der Waals surface area contributed by atoms with Crippen molar-refractivity contribution in [1.29, 1.82) is 0 Å². The average molecular weight is 376 g/mol. The lowest BCUT2D eigenvalue weighted by Gasteiger charge is -2.37. The van der Waals surface area contributed by atoms with Crippen LogP contribution in [0.15, 0.2) is 12.7 Å². The quantitative estimate of drug-likeness (QED) is 0.773. The summed E-state index contributed by atoms with van der Waals surface area (Å²) >= 11 is 0. The molecule has 3 heterocycles. The molecule has 0 unspecified atom stereocenters. The highest BCUT2D eigenvalue weighted by atomic mass is 16.2. The summed E-state index contributed by atoms with van der Waals surface area (Å²) in [5.74, 6) is 0.444. The molecule has 0 aliphatic carbocycles. The van der Waals surface area contributed by atoms with Gasteiger partial charge >= 0.3 is 0 Å². The van der Waals surface area contributed by atoms with Crippen LogP contribution < -0.4 is 5.32 Å². The van der Waals surface area contributed by atoms with Crippen molar-refractivity contribution < 1.29 is 14.4 Å². The molecule has 0 saturated carbocycles. The average Bonchev–Trinajstić information content (AvgIpc) is 3.18. The van der Waals surface area contributed by atoms with Gasteiger partial charge in [0.05, 0.1) is 6.54 Å². The van der Waals surface area contributed by atoms with E-state index < -0.39 is 0 Å². The SMILES string of the molecule is C[C@H]1CCCN(C(=O)C2CCN(C(=O)CNC(=O)Cn3cncn3)CC2)C1. The number of likely N-dealkylation sites (tertiary alicyclic amines) is 2. The number of rotatable bonds is 5. The van der Waals surface area contributed by atoms with Crippen LogP contribution >= 0.6 is 0 Å². The van der Waals surface area contributed by atoms with Crippen molar-refractivity contribution in [3.05, 3.63) is 12.7 Å². The highest BCUT2D eigenvalue weighted by molar-refractivity contribution is 5.85. The predicted molar refractivity (Wildman–Crippen MR) is 97.3 cm³/mol. The minimum atomic E-state index is -0.280. The molecular formula is C18H28N6O3. The monoisotopic (exact) mass is 376 g/mol. The van der Waals surface area contributed by atoms with Gasteiger partial charge in [-0.05, 0) is 31.6 Å². The van der Waals surface area contributed by atoms with E-state index in [1.165, 1.54) is 23.8 Å². The van der Waals surface area contributed by atoms with Gasteiger partial charge in [-0.3, -0.25) is 14.4 Å². The van der Waals surface area contributed by atoms with Gasteiger partial charge in [-0.2, -0.15) is 5.10 Å². The fourth-order valence-electron chi connectivity index (χ4n) is 3.83. The highest BCUT2D eigenvalue weighted by Crippen LogP contribution is 2.23. The predicted octanol–water partition coefficient (Wildman–Crippen LogP) is -0.109. The molecule has 3 rings (SSSR count). The number of aromatic nitrogens is 3. The van der Waals surface area contributed by atoms with Gasteiger partial charge < -0.3 is 15.1 Å². The Balaban J connectivity index is 1.38. The van der Waals surface area contributed by atoms with Crippen molar-refractivity contribution in [1.82, 2.24) is 29.9 Å². The minimum Gasteiger partial charge on any atom is -0.345 e. The van der Waals surface area contributed by atoms with Crippen LogP contribution in [0.3, 0.4) is 0 Å². The maximum atomic E-state index is 12.7. The standard InChI is InChI=1S/C18H28N6O3/c1-14-3-2-6-23(10-14)18(27)15-4-7-22(8-5-15)17(26)9-20-16(25)11-24-13-19-12-21-24/h12-15H,2-11H2,1H3,(H,20,25)/t14-/m0/s1. The molecule has 2 aliphatic heterocycles. The van der Waals surface area contributed by atoms with Crippen molar-refractivity contribution in [3.8, 4) is 0 Å². The van der Waals surface area contributed by atoms with Crippen LogP contribution in [0.2, 0.25) is 0 Å². The van der Waals surface area contributed by atoms with Crippen LogP contribution in [0.25, 0.3) is 0 Å². The van der Waals surface area contributed by atoms with E-state index in [4.69, 9.17) is 0 Å². The number of nitrogens with one attached hydrogen (secondary N) is 1. The van der Waals surface area contributed by atoms with E-state index in [-0.39, 0.29) is 36.7 Å². The molecule has 9 nitrogen and oxygen atoms in total. The second-order valence-corrected chi connectivity index (χ2v) is 7.56. The van der Waals surface area contributed by atoms with Gasteiger partial charge in [-0.15, -0.1) is 0 Å². The summed E-state index contributed by atoms with van der Waals surface area (Å²) < 4.78 is 1.40. The molecule has 1 N–H and O–H groups in total. The van der Waals surface area contributed by atoms with Crippen LogP contribution in [-0.4, -0.2) is 75.0 Å². The molecule has 2 fully saturated rings. The van der Waals surface area contributed by atoms with E-state index in [1.807, 2.05) is 4.90 Å². The van der Waals surface area contributed by atoms with E-state index in [9.17, 15) is 14.4 Å². The molecule has 0 bridgehead atoms. The largest absolute Gasteiger partial charge is 0.345 e. The zero-order valence-electron chi connectivity index (χ0n) is 15.8. The summed E-state index contributed by atoms with van der Waals surface area (Å²) in [5, 5.41) is 6.47. The summed E-state index contributed by atoms with van der Waals surface area (Å²) in [6.45, 7) is 5.05. The number of piperidine rings is 2. The summed E-state index contributed by atoms with van der Waals surface area (Å²) in [6, 6.07) is 0. The first-order valence-electron chi connectivity index (χ1n) is 9.68. The summed E-state index contributed by atoms with van der Waals surface area (Å²) in [6.07, 6.45) is 6.48. The fraction of sp³-hybridized carbons (Fsp3) is 0.722. The van der Waals surface area contributed by atoms with Crippen molar-refractivity contribution >= 4 is 17.7 Å². The Morgan fingerprint density at radius 3 is 2.56 bits per heavy atom. The molecule has 1 aromatic heterocycles. The Kier molecular flexibility index (Phi) is 6.41. The third kappa shape index (κ3) is 5.27. The lowest BCUT2D eigenvalue weighted by molar-refractivity contribution is -0.142. The van der Waals surface area contributed by atoms with Crippen molar-refractivity contribution in [3.63, 3.8) is 0 Å². The fourth-order valence-corrected chi connectivity index (χ4v) is 3.83. The number of hydrogen-bond donors (Lipinski definition) is 1. The third-order valence-electron chi connectivity index (χ3n) is 5.37. The number of carbonyl (C=O) groups is 3. The first kappa shape index (κ1) is 19.3.